The normalized spacial score (nSPS) is 15.1. The summed E-state index contributed by atoms with van der Waals surface area (Å²) in [5, 5.41) is 4.83. The molecule has 0 saturated carbocycles. The molecule has 116 valence electrons. The molecule has 0 spiro atoms. The van der Waals surface area contributed by atoms with Gasteiger partial charge in [-0.1, -0.05) is 19.4 Å². The van der Waals surface area contributed by atoms with Gasteiger partial charge in [-0.25, -0.2) is 0 Å². The van der Waals surface area contributed by atoms with Crippen LogP contribution in [0.1, 0.15) is 52.4 Å². The van der Waals surface area contributed by atoms with Crippen LogP contribution in [0.4, 0.5) is 0 Å². The van der Waals surface area contributed by atoms with Crippen molar-refractivity contribution in [2.45, 2.75) is 54.4 Å². The molecule has 0 fully saturated rings. The number of hydrogen-bond acceptors (Lipinski definition) is 3. The topological polar surface area (TPSA) is 25.2 Å². The number of aliphatic imine (C=N–C) groups is 1. The van der Waals surface area contributed by atoms with E-state index in [1.54, 1.807) is 11.8 Å². The first-order chi connectivity index (χ1) is 9.87. The van der Waals surface area contributed by atoms with Gasteiger partial charge in [0.2, 0.25) is 0 Å². The number of hydrogen-bond donors (Lipinski definition) is 0. The van der Waals surface area contributed by atoms with E-state index in [1.807, 2.05) is 0 Å². The van der Waals surface area contributed by atoms with Gasteiger partial charge in [0.15, 0.2) is 0 Å². The first-order valence-corrected chi connectivity index (χ1v) is 9.22. The van der Waals surface area contributed by atoms with Gasteiger partial charge < -0.3 is 0 Å². The standard InChI is InChI=1S/C17H27N2PS/c1-8-10(3)15-16(11(4)18-13(6)21-7)12(5)19-14(9-2)17(15)20/h8-9,20H2,1-7H3/b15-10-,16-11-,18-13?. The van der Waals surface area contributed by atoms with Crippen molar-refractivity contribution in [2.75, 3.05) is 6.26 Å². The molecule has 1 heterocycles. The Morgan fingerprint density at radius 3 is 2.29 bits per heavy atom. The zero-order valence-electron chi connectivity index (χ0n) is 14.3. The molecule has 0 aliphatic carbocycles. The predicted octanol–water partition coefficient (Wildman–Crippen LogP) is 2.94. The molecule has 1 aromatic rings. The summed E-state index contributed by atoms with van der Waals surface area (Å²) < 4.78 is 0. The molecule has 0 aliphatic rings. The molecule has 0 amide bonds. The van der Waals surface area contributed by atoms with Crippen molar-refractivity contribution in [3.8, 4) is 0 Å². The summed E-state index contributed by atoms with van der Waals surface area (Å²) in [6.45, 7) is 12.8. The first kappa shape index (κ1) is 18.4. The number of aryl methyl sites for hydroxylation is 2. The van der Waals surface area contributed by atoms with Gasteiger partial charge in [0.05, 0.1) is 5.04 Å². The van der Waals surface area contributed by atoms with Gasteiger partial charge in [-0.05, 0) is 57.3 Å². The lowest BCUT2D eigenvalue weighted by Gasteiger charge is -2.11. The minimum atomic E-state index is 0.954. The van der Waals surface area contributed by atoms with Crippen molar-refractivity contribution in [3.05, 3.63) is 21.8 Å². The van der Waals surface area contributed by atoms with Crippen molar-refractivity contribution >= 4 is 42.6 Å². The Morgan fingerprint density at radius 1 is 1.19 bits per heavy atom. The lowest BCUT2D eigenvalue weighted by Crippen LogP contribution is -2.43. The van der Waals surface area contributed by atoms with Crippen LogP contribution < -0.4 is 15.7 Å². The van der Waals surface area contributed by atoms with E-state index in [0.717, 1.165) is 29.3 Å². The second-order valence-electron chi connectivity index (χ2n) is 5.22. The Labute approximate surface area is 135 Å². The van der Waals surface area contributed by atoms with Crippen molar-refractivity contribution in [1.82, 2.24) is 4.98 Å². The Hall–Kier alpha value is -0.660. The van der Waals surface area contributed by atoms with Crippen LogP contribution in [-0.4, -0.2) is 16.3 Å². The average Bonchev–Trinajstić information content (AvgIpc) is 2.47. The molecule has 0 aromatic carbocycles. The van der Waals surface area contributed by atoms with E-state index in [2.05, 4.69) is 57.0 Å². The molecular formula is C17H27N2PS. The van der Waals surface area contributed by atoms with E-state index < -0.39 is 0 Å². The number of aromatic nitrogens is 1. The van der Waals surface area contributed by atoms with Gasteiger partial charge in [-0.3, -0.25) is 9.98 Å². The molecule has 1 atom stereocenters. The zero-order chi connectivity index (χ0) is 16.2. The molecule has 0 N–H and O–H groups in total. The maximum absolute atomic E-state index is 4.79. The Kier molecular flexibility index (Phi) is 7.09. The molecule has 21 heavy (non-hydrogen) atoms. The molecule has 1 aromatic heterocycles. The summed E-state index contributed by atoms with van der Waals surface area (Å²) in [6, 6.07) is 0. The second kappa shape index (κ2) is 8.10. The molecule has 0 saturated heterocycles. The second-order valence-corrected chi connectivity index (χ2v) is 6.79. The van der Waals surface area contributed by atoms with E-state index in [9.17, 15) is 0 Å². The number of thioether (sulfide) groups is 1. The van der Waals surface area contributed by atoms with E-state index in [0.29, 0.717) is 0 Å². The molecule has 1 unspecified atom stereocenters. The van der Waals surface area contributed by atoms with Gasteiger partial charge in [0.1, 0.15) is 0 Å². The van der Waals surface area contributed by atoms with E-state index >= 15 is 0 Å². The summed E-state index contributed by atoms with van der Waals surface area (Å²) in [7, 11) is 2.90. The highest BCUT2D eigenvalue weighted by molar-refractivity contribution is 8.13. The number of rotatable bonds is 3. The largest absolute Gasteiger partial charge is 0.257 e. The summed E-state index contributed by atoms with van der Waals surface area (Å²) in [6.07, 6.45) is 4.05. The maximum atomic E-state index is 4.79. The van der Waals surface area contributed by atoms with Crippen LogP contribution in [0.2, 0.25) is 0 Å². The molecule has 2 nitrogen and oxygen atoms in total. The Balaban J connectivity index is 4.01. The van der Waals surface area contributed by atoms with Crippen molar-refractivity contribution in [1.29, 1.82) is 0 Å². The monoisotopic (exact) mass is 322 g/mol. The van der Waals surface area contributed by atoms with Gasteiger partial charge in [0.25, 0.3) is 0 Å². The van der Waals surface area contributed by atoms with Crippen LogP contribution in [0.25, 0.3) is 11.3 Å². The van der Waals surface area contributed by atoms with Gasteiger partial charge in [-0.2, -0.15) is 0 Å². The van der Waals surface area contributed by atoms with Gasteiger partial charge in [0, 0.05) is 22.3 Å². The van der Waals surface area contributed by atoms with Crippen LogP contribution in [-0.2, 0) is 6.42 Å². The number of nitrogens with zero attached hydrogens (tertiary/aromatic N) is 2. The SMILES string of the molecule is CC/C(C)=c1\c(P)c(CC)nc(C)\c1=C(/C)N=C(C)SC. The van der Waals surface area contributed by atoms with Gasteiger partial charge in [-0.15, -0.1) is 21.0 Å². The van der Waals surface area contributed by atoms with E-state index in [1.165, 1.54) is 27.0 Å². The summed E-state index contributed by atoms with van der Waals surface area (Å²) in [5.74, 6) is 0. The van der Waals surface area contributed by atoms with Crippen LogP contribution in [0.5, 0.6) is 0 Å². The lowest BCUT2D eigenvalue weighted by atomic mass is 10.1. The van der Waals surface area contributed by atoms with E-state index in [4.69, 9.17) is 9.98 Å². The van der Waals surface area contributed by atoms with Crippen LogP contribution in [0, 0.1) is 6.92 Å². The minimum Gasteiger partial charge on any atom is -0.257 e. The predicted molar refractivity (Wildman–Crippen MR) is 102 cm³/mol. The number of pyridine rings is 1. The fourth-order valence-electron chi connectivity index (χ4n) is 2.45. The summed E-state index contributed by atoms with van der Waals surface area (Å²) in [5.41, 5.74) is 4.70. The summed E-state index contributed by atoms with van der Waals surface area (Å²) >= 11 is 1.68. The van der Waals surface area contributed by atoms with Crippen LogP contribution in [0.3, 0.4) is 0 Å². The third-order valence-electron chi connectivity index (χ3n) is 3.77. The smallest absolute Gasteiger partial charge is 0.0701 e. The molecule has 4 heteroatoms. The van der Waals surface area contributed by atoms with Crippen molar-refractivity contribution in [3.63, 3.8) is 0 Å². The van der Waals surface area contributed by atoms with E-state index in [-0.39, 0.29) is 0 Å². The van der Waals surface area contributed by atoms with Gasteiger partial charge >= 0.3 is 0 Å². The lowest BCUT2D eigenvalue weighted by molar-refractivity contribution is 0.998. The average molecular weight is 322 g/mol. The zero-order valence-corrected chi connectivity index (χ0v) is 16.3. The first-order valence-electron chi connectivity index (χ1n) is 7.42. The third-order valence-corrected chi connectivity index (χ3v) is 5.07. The molecule has 0 radical (unpaired) electrons. The Morgan fingerprint density at radius 2 is 1.81 bits per heavy atom. The highest BCUT2D eigenvalue weighted by Gasteiger charge is 2.08. The molecular weight excluding hydrogens is 295 g/mol. The van der Waals surface area contributed by atoms with Crippen LogP contribution >= 0.6 is 21.0 Å². The van der Waals surface area contributed by atoms with Crippen molar-refractivity contribution < 1.29 is 0 Å². The highest BCUT2D eigenvalue weighted by atomic mass is 32.2. The fourth-order valence-corrected chi connectivity index (χ4v) is 3.34. The van der Waals surface area contributed by atoms with Crippen molar-refractivity contribution in [2.24, 2.45) is 4.99 Å². The Bertz CT molecular complexity index is 675. The third kappa shape index (κ3) is 4.17. The molecule has 0 bridgehead atoms. The highest BCUT2D eigenvalue weighted by Crippen LogP contribution is 2.05. The summed E-state index contributed by atoms with van der Waals surface area (Å²) in [4.78, 5) is 9.53. The molecule has 0 aliphatic heterocycles. The fraction of sp³-hybridized carbons (Fsp3) is 0.529. The quantitative estimate of drug-likeness (QED) is 0.486. The van der Waals surface area contributed by atoms with Crippen LogP contribution in [0.15, 0.2) is 4.99 Å². The molecule has 1 rings (SSSR count). The minimum absolute atomic E-state index is 0.954. The maximum Gasteiger partial charge on any atom is 0.0701 e.